The number of hydrogen-bond donors (Lipinski definition) is 1. The van der Waals surface area contributed by atoms with Gasteiger partial charge >= 0.3 is 0 Å². The lowest BCUT2D eigenvalue weighted by Gasteiger charge is -2.32. The Hall–Kier alpha value is -2.49. The van der Waals surface area contributed by atoms with Crippen molar-refractivity contribution in [3.8, 4) is 0 Å². The van der Waals surface area contributed by atoms with Crippen molar-refractivity contribution in [3.05, 3.63) is 92.4 Å². The van der Waals surface area contributed by atoms with Crippen molar-refractivity contribution >= 4 is 73.9 Å². The van der Waals surface area contributed by atoms with Gasteiger partial charge in [0.2, 0.25) is 11.8 Å². The summed E-state index contributed by atoms with van der Waals surface area (Å²) in [6.45, 7) is 2.94. The highest BCUT2D eigenvalue weighted by molar-refractivity contribution is 7.92. The fourth-order valence-corrected chi connectivity index (χ4v) is 6.14. The van der Waals surface area contributed by atoms with Crippen LogP contribution in [0.15, 0.2) is 71.6 Å². The van der Waals surface area contributed by atoms with Crippen molar-refractivity contribution in [2.24, 2.45) is 0 Å². The Labute approximate surface area is 242 Å². The molecule has 1 atom stereocenters. The van der Waals surface area contributed by atoms with Crippen molar-refractivity contribution in [2.75, 3.05) is 17.4 Å². The molecule has 3 aromatic carbocycles. The monoisotopic (exact) mass is 615 g/mol. The number of nitrogens with zero attached hydrogens (tertiary/aromatic N) is 2. The first-order valence-electron chi connectivity index (χ1n) is 11.5. The number of benzene rings is 3. The fourth-order valence-electron chi connectivity index (χ4n) is 3.65. The van der Waals surface area contributed by atoms with Crippen LogP contribution >= 0.6 is 46.4 Å². The molecule has 0 bridgehead atoms. The van der Waals surface area contributed by atoms with E-state index in [1.165, 1.54) is 41.3 Å². The molecule has 0 fully saturated rings. The largest absolute Gasteiger partial charge is 0.355 e. The average molecular weight is 617 g/mol. The number of rotatable bonds is 10. The molecule has 3 aromatic rings. The lowest BCUT2D eigenvalue weighted by Crippen LogP contribution is -2.51. The minimum atomic E-state index is -4.25. The normalized spacial score (nSPS) is 12.1. The van der Waals surface area contributed by atoms with E-state index in [0.717, 1.165) is 4.31 Å². The molecule has 1 N–H and O–H groups in total. The topological polar surface area (TPSA) is 86.8 Å². The number of halogens is 4. The van der Waals surface area contributed by atoms with Gasteiger partial charge in [-0.15, -0.1) is 0 Å². The molecule has 0 spiro atoms. The Balaban J connectivity index is 2.07. The van der Waals surface area contributed by atoms with Crippen LogP contribution in [0.4, 0.5) is 5.69 Å². The molecule has 0 aliphatic heterocycles. The zero-order chi connectivity index (χ0) is 28.0. The van der Waals surface area contributed by atoms with E-state index < -0.39 is 34.4 Å². The standard InChI is InChI=1S/C26H25Cl4N3O4S/c1-3-31-26(35)17(2)32(15-18-9-10-19(27)13-22(18)29)25(34)16-33(24-12-11-20(28)14-23(24)30)38(36,37)21-7-5-4-6-8-21/h4-14,17H,3,15-16H2,1-2H3,(H,31,35). The first-order chi connectivity index (χ1) is 17.9. The van der Waals surface area contributed by atoms with E-state index in [4.69, 9.17) is 46.4 Å². The maximum Gasteiger partial charge on any atom is 0.264 e. The summed E-state index contributed by atoms with van der Waals surface area (Å²) in [7, 11) is -4.25. The summed E-state index contributed by atoms with van der Waals surface area (Å²) in [6.07, 6.45) is 0. The number of sulfonamides is 1. The minimum Gasteiger partial charge on any atom is -0.355 e. The number of carbonyl (C=O) groups is 2. The summed E-state index contributed by atoms with van der Waals surface area (Å²) in [4.78, 5) is 27.8. The zero-order valence-corrected chi connectivity index (χ0v) is 24.3. The Kier molecular flexibility index (Phi) is 10.3. The molecule has 3 rings (SSSR count). The summed E-state index contributed by atoms with van der Waals surface area (Å²) in [5, 5.41) is 3.73. The van der Waals surface area contributed by atoms with E-state index in [2.05, 4.69) is 5.32 Å². The number of hydrogen-bond acceptors (Lipinski definition) is 4. The maximum atomic E-state index is 13.8. The van der Waals surface area contributed by atoms with Crippen LogP contribution < -0.4 is 9.62 Å². The van der Waals surface area contributed by atoms with Gasteiger partial charge < -0.3 is 10.2 Å². The number of carbonyl (C=O) groups excluding carboxylic acids is 2. The van der Waals surface area contributed by atoms with Gasteiger partial charge in [-0.05, 0) is 61.9 Å². The third kappa shape index (κ3) is 7.12. The van der Waals surface area contributed by atoms with Gasteiger partial charge in [-0.3, -0.25) is 13.9 Å². The third-order valence-corrected chi connectivity index (χ3v) is 8.56. The highest BCUT2D eigenvalue weighted by atomic mass is 35.5. The van der Waals surface area contributed by atoms with E-state index in [-0.39, 0.29) is 22.2 Å². The van der Waals surface area contributed by atoms with Crippen molar-refractivity contribution in [1.29, 1.82) is 0 Å². The lowest BCUT2D eigenvalue weighted by atomic mass is 10.1. The lowest BCUT2D eigenvalue weighted by molar-refractivity contribution is -0.139. The predicted molar refractivity (Wildman–Crippen MR) is 153 cm³/mol. The first kappa shape index (κ1) is 30.1. The molecular formula is C26H25Cl4N3O4S. The number of likely N-dealkylation sites (N-methyl/N-ethyl adjacent to an activating group) is 1. The van der Waals surface area contributed by atoms with Gasteiger partial charge in [0.05, 0.1) is 15.6 Å². The smallest absolute Gasteiger partial charge is 0.264 e. The number of amides is 2. The summed E-state index contributed by atoms with van der Waals surface area (Å²) < 4.78 is 28.4. The molecule has 202 valence electrons. The maximum absolute atomic E-state index is 13.8. The summed E-state index contributed by atoms with van der Waals surface area (Å²) in [5.41, 5.74) is 0.589. The molecule has 0 aromatic heterocycles. The van der Waals surface area contributed by atoms with Gasteiger partial charge in [0, 0.05) is 28.2 Å². The van der Waals surface area contributed by atoms with Crippen LogP contribution in [-0.4, -0.2) is 44.3 Å². The quantitative estimate of drug-likeness (QED) is 0.300. The van der Waals surface area contributed by atoms with Crippen molar-refractivity contribution in [2.45, 2.75) is 31.3 Å². The summed E-state index contributed by atoms with van der Waals surface area (Å²) in [5.74, 6) is -1.06. The van der Waals surface area contributed by atoms with Crippen LogP contribution in [0.1, 0.15) is 19.4 Å². The van der Waals surface area contributed by atoms with E-state index in [9.17, 15) is 18.0 Å². The molecule has 0 aliphatic rings. The highest BCUT2D eigenvalue weighted by Crippen LogP contribution is 2.33. The number of nitrogens with one attached hydrogen (secondary N) is 1. The number of anilines is 1. The Morgan fingerprint density at radius 2 is 1.50 bits per heavy atom. The highest BCUT2D eigenvalue weighted by Gasteiger charge is 2.33. The Morgan fingerprint density at radius 3 is 2.08 bits per heavy atom. The van der Waals surface area contributed by atoms with Crippen molar-refractivity contribution in [1.82, 2.24) is 10.2 Å². The molecule has 12 heteroatoms. The van der Waals surface area contributed by atoms with E-state index >= 15 is 0 Å². The Morgan fingerprint density at radius 1 is 0.895 bits per heavy atom. The van der Waals surface area contributed by atoms with Crippen LogP contribution in [-0.2, 0) is 26.2 Å². The molecule has 0 saturated carbocycles. The van der Waals surface area contributed by atoms with Gasteiger partial charge in [-0.1, -0.05) is 70.7 Å². The van der Waals surface area contributed by atoms with Gasteiger partial charge in [0.1, 0.15) is 12.6 Å². The molecular weight excluding hydrogens is 592 g/mol. The molecule has 0 saturated heterocycles. The van der Waals surface area contributed by atoms with Crippen LogP contribution in [0.5, 0.6) is 0 Å². The second-order valence-electron chi connectivity index (χ2n) is 8.25. The average Bonchev–Trinajstić information content (AvgIpc) is 2.87. The van der Waals surface area contributed by atoms with E-state index in [0.29, 0.717) is 27.2 Å². The second kappa shape index (κ2) is 13.0. The molecule has 2 amide bonds. The molecule has 0 heterocycles. The van der Waals surface area contributed by atoms with Crippen LogP contribution in [0.2, 0.25) is 20.1 Å². The van der Waals surface area contributed by atoms with E-state index in [1.54, 1.807) is 44.2 Å². The van der Waals surface area contributed by atoms with Crippen LogP contribution in [0.3, 0.4) is 0 Å². The first-order valence-corrected chi connectivity index (χ1v) is 14.4. The summed E-state index contributed by atoms with van der Waals surface area (Å²) >= 11 is 24.8. The fraction of sp³-hybridized carbons (Fsp3) is 0.231. The third-order valence-electron chi connectivity index (χ3n) is 5.66. The van der Waals surface area contributed by atoms with Gasteiger partial charge in [-0.25, -0.2) is 8.42 Å². The molecule has 1 unspecified atom stereocenters. The van der Waals surface area contributed by atoms with Crippen molar-refractivity contribution in [3.63, 3.8) is 0 Å². The predicted octanol–water partition coefficient (Wildman–Crippen LogP) is 6.05. The van der Waals surface area contributed by atoms with Crippen LogP contribution in [0.25, 0.3) is 0 Å². The van der Waals surface area contributed by atoms with Gasteiger partial charge in [0.15, 0.2) is 0 Å². The van der Waals surface area contributed by atoms with E-state index in [1.807, 2.05) is 0 Å². The van der Waals surface area contributed by atoms with Crippen molar-refractivity contribution < 1.29 is 18.0 Å². The minimum absolute atomic E-state index is 0.0360. The van der Waals surface area contributed by atoms with Gasteiger partial charge in [-0.2, -0.15) is 0 Å². The van der Waals surface area contributed by atoms with Gasteiger partial charge in [0.25, 0.3) is 10.0 Å². The molecule has 38 heavy (non-hydrogen) atoms. The summed E-state index contributed by atoms with van der Waals surface area (Å²) in [6, 6.07) is 15.8. The second-order valence-corrected chi connectivity index (χ2v) is 11.8. The molecule has 7 nitrogen and oxygen atoms in total. The molecule has 0 radical (unpaired) electrons. The Bertz CT molecular complexity index is 1420. The SMILES string of the molecule is CCNC(=O)C(C)N(Cc1ccc(Cl)cc1Cl)C(=O)CN(c1ccc(Cl)cc1Cl)S(=O)(=O)c1ccccc1. The molecule has 0 aliphatic carbocycles. The zero-order valence-electron chi connectivity index (χ0n) is 20.5. The van der Waals surface area contributed by atoms with Crippen LogP contribution in [0, 0.1) is 0 Å².